The predicted molar refractivity (Wildman–Crippen MR) is 125 cm³/mol. The maximum Gasteiger partial charge on any atom is 0.335 e. The molecule has 0 aliphatic rings. The molecule has 3 aromatic carbocycles. The smallest absolute Gasteiger partial charge is 0.335 e. The first-order valence-electron chi connectivity index (χ1n) is 9.70. The van der Waals surface area contributed by atoms with E-state index in [1.807, 2.05) is 19.1 Å². The number of rotatable bonds is 8. The molecule has 5 nitrogen and oxygen atoms in total. The number of benzene rings is 3. The van der Waals surface area contributed by atoms with Crippen LogP contribution in [-0.4, -0.2) is 17.7 Å². The third-order valence-electron chi connectivity index (χ3n) is 4.52. The summed E-state index contributed by atoms with van der Waals surface area (Å²) in [6, 6.07) is 19.0. The molecular formula is C25H19Cl2NO4. The van der Waals surface area contributed by atoms with Crippen molar-refractivity contribution >= 4 is 40.8 Å². The summed E-state index contributed by atoms with van der Waals surface area (Å²) in [7, 11) is 0. The number of ether oxygens (including phenoxy) is 2. The fraction of sp³-hybridized carbons (Fsp3) is 0.120. The summed E-state index contributed by atoms with van der Waals surface area (Å²) in [6.45, 7) is 2.60. The summed E-state index contributed by atoms with van der Waals surface area (Å²) in [5.74, 6) is 0.0797. The van der Waals surface area contributed by atoms with Crippen molar-refractivity contribution in [1.29, 1.82) is 5.26 Å². The van der Waals surface area contributed by atoms with Gasteiger partial charge in [0.15, 0.2) is 11.5 Å². The Morgan fingerprint density at radius 1 is 0.969 bits per heavy atom. The van der Waals surface area contributed by atoms with Crippen LogP contribution in [0.5, 0.6) is 11.5 Å². The van der Waals surface area contributed by atoms with Crippen molar-refractivity contribution in [2.45, 2.75) is 13.5 Å². The van der Waals surface area contributed by atoms with Crippen molar-refractivity contribution in [3.05, 3.63) is 93.0 Å². The van der Waals surface area contributed by atoms with Gasteiger partial charge in [-0.3, -0.25) is 0 Å². The highest BCUT2D eigenvalue weighted by atomic mass is 35.5. The normalized spacial score (nSPS) is 11.0. The highest BCUT2D eigenvalue weighted by Crippen LogP contribution is 2.31. The molecular weight excluding hydrogens is 449 g/mol. The summed E-state index contributed by atoms with van der Waals surface area (Å²) < 4.78 is 11.6. The van der Waals surface area contributed by atoms with Gasteiger partial charge in [0.05, 0.1) is 33.9 Å². The number of carboxylic acid groups (broad SMARTS) is 1. The molecule has 0 saturated heterocycles. The van der Waals surface area contributed by atoms with E-state index in [4.69, 9.17) is 37.8 Å². The number of nitrogens with zero attached hydrogens (tertiary/aromatic N) is 1. The Bertz CT molecular complexity index is 1200. The maximum atomic E-state index is 11.0. The highest BCUT2D eigenvalue weighted by Gasteiger charge is 2.10. The van der Waals surface area contributed by atoms with Gasteiger partial charge in [0.1, 0.15) is 6.61 Å². The number of hydrogen-bond acceptors (Lipinski definition) is 4. The standard InChI is InChI=1S/C25H19Cl2NO4/c1-2-31-24-13-16(11-20(14-28)18-5-7-19(8-6-18)25(29)30)4-10-23(24)32-15-17-3-9-21(26)22(27)12-17/h3-13H,2,15H2,1H3,(H,29,30)/b20-11-. The summed E-state index contributed by atoms with van der Waals surface area (Å²) in [5.41, 5.74) is 2.79. The Kier molecular flexibility index (Phi) is 7.77. The minimum Gasteiger partial charge on any atom is -0.490 e. The molecule has 32 heavy (non-hydrogen) atoms. The Balaban J connectivity index is 1.84. The molecule has 1 N–H and O–H groups in total. The molecule has 0 radical (unpaired) electrons. The Morgan fingerprint density at radius 2 is 1.69 bits per heavy atom. The number of aromatic carboxylic acids is 1. The molecule has 0 amide bonds. The number of nitriles is 1. The molecule has 0 heterocycles. The van der Waals surface area contributed by atoms with Crippen LogP contribution in [0, 0.1) is 11.3 Å². The first kappa shape index (κ1) is 23.2. The lowest BCUT2D eigenvalue weighted by atomic mass is 10.0. The van der Waals surface area contributed by atoms with Crippen molar-refractivity contribution in [3.8, 4) is 17.6 Å². The first-order chi connectivity index (χ1) is 15.4. The zero-order valence-electron chi connectivity index (χ0n) is 17.1. The van der Waals surface area contributed by atoms with Crippen LogP contribution in [0.1, 0.15) is 34.0 Å². The molecule has 0 aromatic heterocycles. The molecule has 0 fully saturated rings. The second-order valence-corrected chi connectivity index (χ2v) is 7.54. The molecule has 0 aliphatic carbocycles. The third kappa shape index (κ3) is 5.82. The number of halogens is 2. The van der Waals surface area contributed by atoms with Crippen LogP contribution in [0.4, 0.5) is 0 Å². The van der Waals surface area contributed by atoms with E-state index in [9.17, 15) is 10.1 Å². The molecule has 7 heteroatoms. The van der Waals surface area contributed by atoms with Crippen molar-refractivity contribution in [3.63, 3.8) is 0 Å². The Morgan fingerprint density at radius 3 is 2.31 bits per heavy atom. The second kappa shape index (κ2) is 10.7. The molecule has 0 aliphatic heterocycles. The van der Waals surface area contributed by atoms with Crippen LogP contribution < -0.4 is 9.47 Å². The van der Waals surface area contributed by atoms with Crippen molar-refractivity contribution in [2.24, 2.45) is 0 Å². The van der Waals surface area contributed by atoms with E-state index in [0.717, 1.165) is 11.1 Å². The van der Waals surface area contributed by atoms with Crippen molar-refractivity contribution in [1.82, 2.24) is 0 Å². The van der Waals surface area contributed by atoms with Gasteiger partial charge in [-0.15, -0.1) is 0 Å². The molecule has 0 saturated carbocycles. The topological polar surface area (TPSA) is 79.5 Å². The molecule has 3 aromatic rings. The third-order valence-corrected chi connectivity index (χ3v) is 5.26. The van der Waals surface area contributed by atoms with Crippen molar-refractivity contribution < 1.29 is 19.4 Å². The quantitative estimate of drug-likeness (QED) is 0.293. The summed E-state index contributed by atoms with van der Waals surface area (Å²) in [5, 5.41) is 19.6. The van der Waals surface area contributed by atoms with Crippen LogP contribution in [0.25, 0.3) is 11.6 Å². The second-order valence-electron chi connectivity index (χ2n) is 6.73. The predicted octanol–water partition coefficient (Wildman–Crippen LogP) is 6.73. The van der Waals surface area contributed by atoms with Gasteiger partial charge in [0.25, 0.3) is 0 Å². The zero-order valence-corrected chi connectivity index (χ0v) is 18.7. The summed E-state index contributed by atoms with van der Waals surface area (Å²) >= 11 is 12.0. The fourth-order valence-electron chi connectivity index (χ4n) is 2.93. The van der Waals surface area contributed by atoms with E-state index in [0.29, 0.717) is 39.3 Å². The van der Waals surface area contributed by atoms with Gasteiger partial charge in [0, 0.05) is 0 Å². The van der Waals surface area contributed by atoms with E-state index in [1.54, 1.807) is 42.5 Å². The van der Waals surface area contributed by atoms with Crippen LogP contribution in [0.3, 0.4) is 0 Å². The monoisotopic (exact) mass is 467 g/mol. The zero-order chi connectivity index (χ0) is 23.1. The average molecular weight is 468 g/mol. The van der Waals surface area contributed by atoms with Gasteiger partial charge >= 0.3 is 5.97 Å². The molecule has 0 bridgehead atoms. The average Bonchev–Trinajstić information content (AvgIpc) is 2.79. The van der Waals surface area contributed by atoms with Gasteiger partial charge in [-0.05, 0) is 66.1 Å². The summed E-state index contributed by atoms with van der Waals surface area (Å²) in [4.78, 5) is 11.0. The van der Waals surface area contributed by atoms with Crippen LogP contribution in [-0.2, 0) is 6.61 Å². The number of hydrogen-bond donors (Lipinski definition) is 1. The maximum absolute atomic E-state index is 11.0. The minimum atomic E-state index is -1.02. The van der Waals surface area contributed by atoms with Gasteiger partial charge in [0.2, 0.25) is 0 Å². The van der Waals surface area contributed by atoms with Gasteiger partial charge in [-0.25, -0.2) is 4.79 Å². The number of carboxylic acids is 1. The number of allylic oxidation sites excluding steroid dienone is 1. The van der Waals surface area contributed by atoms with Gasteiger partial charge < -0.3 is 14.6 Å². The van der Waals surface area contributed by atoms with Crippen LogP contribution >= 0.6 is 23.2 Å². The molecule has 0 unspecified atom stereocenters. The van der Waals surface area contributed by atoms with E-state index in [-0.39, 0.29) is 12.2 Å². The fourth-order valence-corrected chi connectivity index (χ4v) is 3.25. The Hall–Kier alpha value is -3.46. The van der Waals surface area contributed by atoms with E-state index in [1.165, 1.54) is 12.1 Å². The van der Waals surface area contributed by atoms with Gasteiger partial charge in [-0.1, -0.05) is 47.5 Å². The first-order valence-corrected chi connectivity index (χ1v) is 10.5. The molecule has 0 spiro atoms. The molecule has 3 rings (SSSR count). The number of carbonyl (C=O) groups is 1. The van der Waals surface area contributed by atoms with E-state index < -0.39 is 5.97 Å². The van der Waals surface area contributed by atoms with Crippen LogP contribution in [0.2, 0.25) is 10.0 Å². The molecule has 0 atom stereocenters. The van der Waals surface area contributed by atoms with E-state index in [2.05, 4.69) is 6.07 Å². The minimum absolute atomic E-state index is 0.160. The largest absolute Gasteiger partial charge is 0.490 e. The van der Waals surface area contributed by atoms with Gasteiger partial charge in [-0.2, -0.15) is 5.26 Å². The van der Waals surface area contributed by atoms with Crippen molar-refractivity contribution in [2.75, 3.05) is 6.61 Å². The van der Waals surface area contributed by atoms with E-state index >= 15 is 0 Å². The Labute approximate surface area is 196 Å². The lowest BCUT2D eigenvalue weighted by Crippen LogP contribution is -2.00. The highest BCUT2D eigenvalue weighted by molar-refractivity contribution is 6.42. The SMILES string of the molecule is CCOc1cc(/C=C(/C#N)c2ccc(C(=O)O)cc2)ccc1OCc1ccc(Cl)c(Cl)c1. The lowest BCUT2D eigenvalue weighted by molar-refractivity contribution is 0.0697. The molecule has 162 valence electrons. The van der Waals surface area contributed by atoms with Crippen LogP contribution in [0.15, 0.2) is 60.7 Å². The lowest BCUT2D eigenvalue weighted by Gasteiger charge is -2.13. The summed E-state index contributed by atoms with van der Waals surface area (Å²) in [6.07, 6.45) is 1.71.